The Morgan fingerprint density at radius 3 is 2.68 bits per heavy atom. The van der Waals surface area contributed by atoms with Crippen LogP contribution in [0.3, 0.4) is 0 Å². The zero-order chi connectivity index (χ0) is 13.2. The number of fused-ring (bicyclic) bond motifs is 1. The Morgan fingerprint density at radius 2 is 1.89 bits per heavy atom. The van der Waals surface area contributed by atoms with E-state index >= 15 is 0 Å². The van der Waals surface area contributed by atoms with Gasteiger partial charge >= 0.3 is 0 Å². The van der Waals surface area contributed by atoms with Crippen molar-refractivity contribution < 1.29 is 4.74 Å². The fourth-order valence-electron chi connectivity index (χ4n) is 1.60. The standard InChI is InChI=1S/C12H8Cl2N4O/c13-8-1-3-9(4-2-8)19-6-12-17-16-11-5-10(14)15-7-18(11)12/h1-5,7H,6H2. The Morgan fingerprint density at radius 1 is 1.11 bits per heavy atom. The van der Waals surface area contributed by atoms with E-state index in [0.29, 0.717) is 27.4 Å². The van der Waals surface area contributed by atoms with Crippen LogP contribution in [0, 0.1) is 0 Å². The van der Waals surface area contributed by atoms with Crippen LogP contribution in [0.2, 0.25) is 10.2 Å². The van der Waals surface area contributed by atoms with Crippen molar-refractivity contribution in [1.82, 2.24) is 19.6 Å². The predicted octanol–water partition coefficient (Wildman–Crippen LogP) is 3.01. The molecule has 0 unspecified atom stereocenters. The lowest BCUT2D eigenvalue weighted by Gasteiger charge is -2.04. The van der Waals surface area contributed by atoms with Crippen LogP contribution >= 0.6 is 23.2 Å². The van der Waals surface area contributed by atoms with Gasteiger partial charge in [-0.15, -0.1) is 10.2 Å². The molecule has 7 heteroatoms. The molecule has 0 aliphatic heterocycles. The lowest BCUT2D eigenvalue weighted by Crippen LogP contribution is -2.01. The average Bonchev–Trinajstić information content (AvgIpc) is 2.80. The number of nitrogens with zero attached hydrogens (tertiary/aromatic N) is 4. The second kappa shape index (κ2) is 5.03. The summed E-state index contributed by atoms with van der Waals surface area (Å²) >= 11 is 11.6. The van der Waals surface area contributed by atoms with E-state index in [1.807, 2.05) is 0 Å². The van der Waals surface area contributed by atoms with Crippen molar-refractivity contribution in [2.24, 2.45) is 0 Å². The second-order valence-corrected chi connectivity index (χ2v) is 4.62. The Kier molecular flexibility index (Phi) is 3.23. The molecule has 19 heavy (non-hydrogen) atoms. The lowest BCUT2D eigenvalue weighted by molar-refractivity contribution is 0.294. The lowest BCUT2D eigenvalue weighted by atomic mass is 10.3. The van der Waals surface area contributed by atoms with Crippen LogP contribution in [0.25, 0.3) is 5.65 Å². The maximum absolute atomic E-state index is 5.80. The summed E-state index contributed by atoms with van der Waals surface area (Å²) in [6.45, 7) is 0.284. The fraction of sp³-hybridized carbons (Fsp3) is 0.0833. The van der Waals surface area contributed by atoms with Gasteiger partial charge in [-0.25, -0.2) is 4.98 Å². The predicted molar refractivity (Wildman–Crippen MR) is 71.6 cm³/mol. The molecule has 0 radical (unpaired) electrons. The number of halogens is 2. The van der Waals surface area contributed by atoms with E-state index < -0.39 is 0 Å². The summed E-state index contributed by atoms with van der Waals surface area (Å²) < 4.78 is 7.32. The van der Waals surface area contributed by atoms with Crippen molar-refractivity contribution in [2.75, 3.05) is 0 Å². The molecule has 0 saturated heterocycles. The average molecular weight is 295 g/mol. The molecular weight excluding hydrogens is 287 g/mol. The van der Waals surface area contributed by atoms with E-state index in [9.17, 15) is 0 Å². The van der Waals surface area contributed by atoms with Crippen LogP contribution in [0.15, 0.2) is 36.7 Å². The highest BCUT2D eigenvalue weighted by atomic mass is 35.5. The van der Waals surface area contributed by atoms with Crippen LogP contribution in [-0.2, 0) is 6.61 Å². The Hall–Kier alpha value is -1.85. The second-order valence-electron chi connectivity index (χ2n) is 3.80. The van der Waals surface area contributed by atoms with Gasteiger partial charge in [-0.05, 0) is 24.3 Å². The van der Waals surface area contributed by atoms with Crippen LogP contribution in [0.5, 0.6) is 5.75 Å². The summed E-state index contributed by atoms with van der Waals surface area (Å²) in [5.41, 5.74) is 0.634. The molecule has 3 aromatic rings. The maximum atomic E-state index is 5.80. The van der Waals surface area contributed by atoms with Gasteiger partial charge in [-0.3, -0.25) is 4.40 Å². The molecule has 3 rings (SSSR count). The number of rotatable bonds is 3. The van der Waals surface area contributed by atoms with E-state index in [2.05, 4.69) is 15.2 Å². The SMILES string of the molecule is Clc1ccc(OCc2nnc3cc(Cl)ncn23)cc1. The van der Waals surface area contributed by atoms with Crippen molar-refractivity contribution in [3.05, 3.63) is 52.7 Å². The minimum absolute atomic E-state index is 0.284. The van der Waals surface area contributed by atoms with Gasteiger partial charge in [-0.2, -0.15) is 0 Å². The molecule has 1 aromatic carbocycles. The molecular formula is C12H8Cl2N4O. The third-order valence-electron chi connectivity index (χ3n) is 2.52. The first-order valence-corrected chi connectivity index (χ1v) is 6.21. The molecule has 2 heterocycles. The van der Waals surface area contributed by atoms with Gasteiger partial charge in [-0.1, -0.05) is 23.2 Å². The van der Waals surface area contributed by atoms with Gasteiger partial charge in [0.25, 0.3) is 0 Å². The van der Waals surface area contributed by atoms with E-state index in [4.69, 9.17) is 27.9 Å². The molecule has 0 aliphatic rings. The maximum Gasteiger partial charge on any atom is 0.176 e. The topological polar surface area (TPSA) is 52.3 Å². The highest BCUT2D eigenvalue weighted by Crippen LogP contribution is 2.17. The summed E-state index contributed by atoms with van der Waals surface area (Å²) in [5, 5.41) is 9.07. The smallest absolute Gasteiger partial charge is 0.176 e. The van der Waals surface area contributed by atoms with Crippen molar-refractivity contribution in [3.63, 3.8) is 0 Å². The van der Waals surface area contributed by atoms with Gasteiger partial charge in [0.05, 0.1) is 0 Å². The summed E-state index contributed by atoms with van der Waals surface area (Å²) in [6.07, 6.45) is 1.57. The molecule has 0 atom stereocenters. The van der Waals surface area contributed by atoms with Gasteiger partial charge in [0.2, 0.25) is 0 Å². The van der Waals surface area contributed by atoms with Crippen molar-refractivity contribution in [1.29, 1.82) is 0 Å². The molecule has 96 valence electrons. The molecule has 2 aromatic heterocycles. The molecule has 0 aliphatic carbocycles. The van der Waals surface area contributed by atoms with E-state index in [1.54, 1.807) is 41.1 Å². The van der Waals surface area contributed by atoms with Crippen LogP contribution < -0.4 is 4.74 Å². The first-order valence-electron chi connectivity index (χ1n) is 5.46. The minimum atomic E-state index is 0.284. The van der Waals surface area contributed by atoms with Crippen molar-refractivity contribution in [3.8, 4) is 5.75 Å². The van der Waals surface area contributed by atoms with Crippen molar-refractivity contribution in [2.45, 2.75) is 6.61 Å². The molecule has 0 bridgehead atoms. The fourth-order valence-corrected chi connectivity index (χ4v) is 1.86. The summed E-state index contributed by atoms with van der Waals surface area (Å²) in [7, 11) is 0. The molecule has 5 nitrogen and oxygen atoms in total. The molecule has 0 saturated carbocycles. The van der Waals surface area contributed by atoms with Crippen molar-refractivity contribution >= 4 is 28.8 Å². The Bertz CT molecular complexity index is 711. The minimum Gasteiger partial charge on any atom is -0.486 e. The highest BCUT2D eigenvalue weighted by molar-refractivity contribution is 6.30. The number of aromatic nitrogens is 4. The van der Waals surface area contributed by atoms with Crippen LogP contribution in [-0.4, -0.2) is 19.6 Å². The van der Waals surface area contributed by atoms with E-state index in [1.165, 1.54) is 0 Å². The van der Waals surface area contributed by atoms with Gasteiger partial charge in [0.1, 0.15) is 23.8 Å². The first-order chi connectivity index (χ1) is 9.22. The molecule has 0 N–H and O–H groups in total. The summed E-state index contributed by atoms with van der Waals surface area (Å²) in [5.74, 6) is 1.36. The zero-order valence-corrected chi connectivity index (χ0v) is 11.1. The normalized spacial score (nSPS) is 10.8. The third kappa shape index (κ3) is 2.62. The Balaban J connectivity index is 1.80. The number of hydrogen-bond acceptors (Lipinski definition) is 4. The van der Waals surface area contributed by atoms with E-state index in [-0.39, 0.29) is 6.61 Å². The third-order valence-corrected chi connectivity index (χ3v) is 2.98. The molecule has 0 spiro atoms. The van der Waals surface area contributed by atoms with Gasteiger partial charge in [0.15, 0.2) is 11.5 Å². The largest absolute Gasteiger partial charge is 0.486 e. The summed E-state index contributed by atoms with van der Waals surface area (Å²) in [4.78, 5) is 3.98. The quantitative estimate of drug-likeness (QED) is 0.697. The van der Waals surface area contributed by atoms with Gasteiger partial charge < -0.3 is 4.74 Å². The van der Waals surface area contributed by atoms with Crippen LogP contribution in [0.1, 0.15) is 5.82 Å². The summed E-state index contributed by atoms with van der Waals surface area (Å²) in [6, 6.07) is 8.75. The molecule has 0 fully saturated rings. The number of ether oxygens (including phenoxy) is 1. The number of benzene rings is 1. The highest BCUT2D eigenvalue weighted by Gasteiger charge is 2.07. The molecule has 0 amide bonds. The van der Waals surface area contributed by atoms with Crippen LogP contribution in [0.4, 0.5) is 0 Å². The first kappa shape index (κ1) is 12.2. The number of hydrogen-bond donors (Lipinski definition) is 0. The van der Waals surface area contributed by atoms with E-state index in [0.717, 1.165) is 0 Å². The Labute approximate surface area is 118 Å². The van der Waals surface area contributed by atoms with Gasteiger partial charge in [0, 0.05) is 11.1 Å². The monoisotopic (exact) mass is 294 g/mol. The zero-order valence-electron chi connectivity index (χ0n) is 9.62.